The monoisotopic (exact) mass is 394 g/mol. The molecule has 0 heterocycles. The highest BCUT2D eigenvalue weighted by atomic mass is 19.1. The maximum Gasteiger partial charge on any atom is 0.338 e. The van der Waals surface area contributed by atoms with Gasteiger partial charge in [0.1, 0.15) is 5.82 Å². The lowest BCUT2D eigenvalue weighted by atomic mass is 9.69. The third kappa shape index (κ3) is 3.61. The Morgan fingerprint density at radius 3 is 2.34 bits per heavy atom. The van der Waals surface area contributed by atoms with Gasteiger partial charge < -0.3 is 4.74 Å². The molecule has 0 N–H and O–H groups in total. The van der Waals surface area contributed by atoms with Crippen molar-refractivity contribution in [1.29, 1.82) is 0 Å². The van der Waals surface area contributed by atoms with Gasteiger partial charge in [-0.15, -0.1) is 0 Å². The van der Waals surface area contributed by atoms with E-state index in [4.69, 9.17) is 4.74 Å². The number of rotatable bonds is 3. The molecule has 2 aliphatic carbocycles. The van der Waals surface area contributed by atoms with Gasteiger partial charge in [0.15, 0.2) is 5.78 Å². The number of methoxy groups -OCH3 is 1. The Labute approximate surface area is 171 Å². The van der Waals surface area contributed by atoms with E-state index in [1.54, 1.807) is 12.1 Å². The molecule has 0 aliphatic heterocycles. The Morgan fingerprint density at radius 2 is 1.72 bits per heavy atom. The molecular weight excluding hydrogens is 367 g/mol. The topological polar surface area (TPSA) is 43.4 Å². The molecule has 3 nitrogen and oxygen atoms in total. The summed E-state index contributed by atoms with van der Waals surface area (Å²) in [5, 5.41) is 0. The van der Waals surface area contributed by atoms with Crippen molar-refractivity contribution in [3.8, 4) is 11.1 Å². The molecule has 2 aromatic carbocycles. The van der Waals surface area contributed by atoms with Crippen LogP contribution >= 0.6 is 0 Å². The van der Waals surface area contributed by atoms with E-state index >= 15 is 0 Å². The van der Waals surface area contributed by atoms with Gasteiger partial charge in [0, 0.05) is 17.5 Å². The van der Waals surface area contributed by atoms with Gasteiger partial charge in [0.2, 0.25) is 0 Å². The highest BCUT2D eigenvalue weighted by Gasteiger charge is 2.37. The molecule has 2 aliphatic rings. The van der Waals surface area contributed by atoms with Crippen molar-refractivity contribution in [3.05, 3.63) is 58.4 Å². The SMILES string of the molecule is COC(=O)c1c(C2CCCC2)cc2c(c1-c1ccc(F)cc1)C(=O)CC(C)(C)C2. The maximum absolute atomic E-state index is 13.6. The van der Waals surface area contributed by atoms with Gasteiger partial charge in [0.25, 0.3) is 0 Å². The van der Waals surface area contributed by atoms with E-state index in [1.807, 2.05) is 0 Å². The summed E-state index contributed by atoms with van der Waals surface area (Å²) in [6.07, 6.45) is 5.55. The summed E-state index contributed by atoms with van der Waals surface area (Å²) in [6, 6.07) is 8.15. The number of Topliss-reactive ketones (excluding diaryl/α,β-unsaturated/α-hetero) is 1. The number of hydrogen-bond acceptors (Lipinski definition) is 3. The summed E-state index contributed by atoms with van der Waals surface area (Å²) in [7, 11) is 1.37. The molecule has 0 radical (unpaired) electrons. The first-order valence-corrected chi connectivity index (χ1v) is 10.4. The molecule has 1 saturated carbocycles. The molecule has 0 atom stereocenters. The van der Waals surface area contributed by atoms with Gasteiger partial charge in [0.05, 0.1) is 12.7 Å². The smallest absolute Gasteiger partial charge is 0.338 e. The Bertz CT molecular complexity index is 967. The third-order valence-corrected chi connectivity index (χ3v) is 6.34. The molecule has 0 unspecified atom stereocenters. The lowest BCUT2D eigenvalue weighted by Crippen LogP contribution is -2.29. The standard InChI is InChI=1S/C25H27FO3/c1-25(2)13-17-12-19(15-6-4-5-7-15)23(24(28)29-3)22(21(17)20(27)14-25)16-8-10-18(26)11-9-16/h8-12,15H,4-7,13-14H2,1-3H3. The molecule has 29 heavy (non-hydrogen) atoms. The van der Waals surface area contributed by atoms with Gasteiger partial charge >= 0.3 is 5.97 Å². The quantitative estimate of drug-likeness (QED) is 0.592. The van der Waals surface area contributed by atoms with Crippen LogP contribution in [0.15, 0.2) is 30.3 Å². The molecular formula is C25H27FO3. The van der Waals surface area contributed by atoms with Crippen molar-refractivity contribution in [2.24, 2.45) is 5.41 Å². The van der Waals surface area contributed by atoms with Crippen molar-refractivity contribution in [2.45, 2.75) is 58.3 Å². The van der Waals surface area contributed by atoms with E-state index in [0.29, 0.717) is 28.7 Å². The number of ketones is 1. The minimum Gasteiger partial charge on any atom is -0.465 e. The fraction of sp³-hybridized carbons (Fsp3) is 0.440. The van der Waals surface area contributed by atoms with Crippen LogP contribution in [0.25, 0.3) is 11.1 Å². The molecule has 0 amide bonds. The van der Waals surface area contributed by atoms with Crippen molar-refractivity contribution in [2.75, 3.05) is 7.11 Å². The predicted octanol–water partition coefficient (Wildman–Crippen LogP) is 6.09. The molecule has 4 rings (SSSR count). The van der Waals surface area contributed by atoms with E-state index in [2.05, 4.69) is 19.9 Å². The zero-order valence-corrected chi connectivity index (χ0v) is 17.3. The van der Waals surface area contributed by atoms with Crippen molar-refractivity contribution in [3.63, 3.8) is 0 Å². The summed E-state index contributed by atoms with van der Waals surface area (Å²) in [5.41, 5.74) is 4.27. The summed E-state index contributed by atoms with van der Waals surface area (Å²) < 4.78 is 18.8. The highest BCUT2D eigenvalue weighted by molar-refractivity contribution is 6.11. The van der Waals surface area contributed by atoms with Crippen LogP contribution in [0.3, 0.4) is 0 Å². The number of halogens is 1. The maximum atomic E-state index is 13.6. The van der Waals surface area contributed by atoms with Gasteiger partial charge in [-0.3, -0.25) is 4.79 Å². The number of carbonyl (C=O) groups is 2. The Balaban J connectivity index is 2.06. The minimum absolute atomic E-state index is 0.0405. The number of carbonyl (C=O) groups excluding carboxylic acids is 2. The molecule has 4 heteroatoms. The molecule has 152 valence electrons. The van der Waals surface area contributed by atoms with E-state index in [-0.39, 0.29) is 22.9 Å². The molecule has 0 spiro atoms. The number of fused-ring (bicyclic) bond motifs is 1. The molecule has 0 aromatic heterocycles. The fourth-order valence-electron chi connectivity index (χ4n) is 5.11. The second-order valence-electron chi connectivity index (χ2n) is 9.17. The number of benzene rings is 2. The molecule has 0 saturated heterocycles. The summed E-state index contributed by atoms with van der Waals surface area (Å²) in [5.74, 6) is -0.444. The lowest BCUT2D eigenvalue weighted by molar-refractivity contribution is 0.0599. The molecule has 1 fully saturated rings. The summed E-state index contributed by atoms with van der Waals surface area (Å²) in [4.78, 5) is 26.2. The first-order valence-electron chi connectivity index (χ1n) is 10.4. The fourth-order valence-corrected chi connectivity index (χ4v) is 5.11. The van der Waals surface area contributed by atoms with E-state index < -0.39 is 5.97 Å². The number of esters is 1. The van der Waals surface area contributed by atoms with E-state index in [9.17, 15) is 14.0 Å². The van der Waals surface area contributed by atoms with Crippen LogP contribution < -0.4 is 0 Å². The zero-order valence-electron chi connectivity index (χ0n) is 17.3. The van der Waals surface area contributed by atoms with E-state index in [1.165, 1.54) is 19.2 Å². The van der Waals surface area contributed by atoms with Crippen LogP contribution in [0.5, 0.6) is 0 Å². The van der Waals surface area contributed by atoms with Crippen molar-refractivity contribution < 1.29 is 18.7 Å². The zero-order chi connectivity index (χ0) is 20.8. The van der Waals surface area contributed by atoms with Crippen LogP contribution in [0.2, 0.25) is 0 Å². The van der Waals surface area contributed by atoms with Gasteiger partial charge in [-0.2, -0.15) is 0 Å². The third-order valence-electron chi connectivity index (χ3n) is 6.34. The predicted molar refractivity (Wildman–Crippen MR) is 111 cm³/mol. The average Bonchev–Trinajstić information content (AvgIpc) is 3.20. The van der Waals surface area contributed by atoms with Crippen molar-refractivity contribution in [1.82, 2.24) is 0 Å². The van der Waals surface area contributed by atoms with Crippen LogP contribution in [-0.2, 0) is 11.2 Å². The minimum atomic E-state index is -0.424. The number of hydrogen-bond donors (Lipinski definition) is 0. The normalized spacial score (nSPS) is 18.6. The van der Waals surface area contributed by atoms with Crippen LogP contribution in [0.1, 0.15) is 83.7 Å². The van der Waals surface area contributed by atoms with Crippen LogP contribution in [0, 0.1) is 11.2 Å². The Kier molecular flexibility index (Phi) is 5.05. The van der Waals surface area contributed by atoms with Gasteiger partial charge in [-0.1, -0.05) is 44.9 Å². The summed E-state index contributed by atoms with van der Waals surface area (Å²) in [6.45, 7) is 4.21. The first-order chi connectivity index (χ1) is 13.8. The Morgan fingerprint density at radius 1 is 1.07 bits per heavy atom. The Hall–Kier alpha value is -2.49. The van der Waals surface area contributed by atoms with Gasteiger partial charge in [-0.25, -0.2) is 9.18 Å². The second-order valence-corrected chi connectivity index (χ2v) is 9.17. The average molecular weight is 394 g/mol. The van der Waals surface area contributed by atoms with Gasteiger partial charge in [-0.05, 0) is 59.4 Å². The summed E-state index contributed by atoms with van der Waals surface area (Å²) >= 11 is 0. The second kappa shape index (κ2) is 7.40. The van der Waals surface area contributed by atoms with Crippen LogP contribution in [0.4, 0.5) is 4.39 Å². The van der Waals surface area contributed by atoms with Crippen molar-refractivity contribution >= 4 is 11.8 Å². The molecule has 2 aromatic rings. The first kappa shape index (κ1) is 19.8. The molecule has 0 bridgehead atoms. The largest absolute Gasteiger partial charge is 0.465 e. The lowest BCUT2D eigenvalue weighted by Gasteiger charge is -2.33. The van der Waals surface area contributed by atoms with E-state index in [0.717, 1.165) is 43.2 Å². The number of ether oxygens (including phenoxy) is 1. The highest BCUT2D eigenvalue weighted by Crippen LogP contribution is 2.46. The van der Waals surface area contributed by atoms with Crippen LogP contribution in [-0.4, -0.2) is 18.9 Å².